The van der Waals surface area contributed by atoms with Gasteiger partial charge >= 0.3 is 0 Å². The van der Waals surface area contributed by atoms with Crippen LogP contribution >= 0.6 is 0 Å². The van der Waals surface area contributed by atoms with E-state index in [9.17, 15) is 9.59 Å². The predicted molar refractivity (Wildman–Crippen MR) is 94.8 cm³/mol. The topological polar surface area (TPSA) is 49.7 Å². The zero-order chi connectivity index (χ0) is 17.3. The fourth-order valence-electron chi connectivity index (χ4n) is 4.14. The van der Waals surface area contributed by atoms with E-state index in [-0.39, 0.29) is 18.2 Å². The third-order valence-electron chi connectivity index (χ3n) is 5.84. The molecule has 4 heteroatoms. The fourth-order valence-corrected chi connectivity index (χ4v) is 4.14. The first-order valence-corrected chi connectivity index (χ1v) is 8.88. The highest BCUT2D eigenvalue weighted by molar-refractivity contribution is 6.12. The van der Waals surface area contributed by atoms with Crippen molar-refractivity contribution in [3.63, 3.8) is 0 Å². The molecule has 1 fully saturated rings. The van der Waals surface area contributed by atoms with Gasteiger partial charge in [0.15, 0.2) is 5.78 Å². The molecule has 1 aliphatic carbocycles. The van der Waals surface area contributed by atoms with Crippen LogP contribution in [0.2, 0.25) is 0 Å². The zero-order valence-electron chi connectivity index (χ0n) is 14.8. The van der Waals surface area contributed by atoms with Crippen molar-refractivity contribution in [2.75, 3.05) is 6.54 Å². The number of rotatable bonds is 4. The summed E-state index contributed by atoms with van der Waals surface area (Å²) in [5, 5.41) is 5.86. The Morgan fingerprint density at radius 2 is 2.00 bits per heavy atom. The molecular formula is C20H26N2O2. The second-order valence-electron chi connectivity index (χ2n) is 7.51. The molecule has 2 aliphatic rings. The maximum Gasteiger partial charge on any atom is 0.255 e. The summed E-state index contributed by atoms with van der Waals surface area (Å²) >= 11 is 0. The number of carbonyl (C=O) groups excluding carboxylic acids is 2. The molecule has 1 aliphatic heterocycles. The molecule has 1 aromatic carbocycles. The molecule has 3 rings (SSSR count). The second kappa shape index (κ2) is 6.50. The average Bonchev–Trinajstić information content (AvgIpc) is 2.80. The highest BCUT2D eigenvalue weighted by Crippen LogP contribution is 2.45. The van der Waals surface area contributed by atoms with Crippen LogP contribution in [-0.4, -0.2) is 29.0 Å². The standard InChI is InChI=1S/C20H26N2O2/c1-14-8-7-11-17(12-14)20(3)15(2)21-22(19(20)24)13-18(23)16-9-5-4-6-10-16/h4-6,9-10,14,17H,7-8,11-13H2,1-3H3/t14-,17?,20?/m1/s1. The lowest BCUT2D eigenvalue weighted by atomic mass is 9.65. The number of amides is 1. The van der Waals surface area contributed by atoms with Gasteiger partial charge in [-0.2, -0.15) is 5.10 Å². The number of carbonyl (C=O) groups is 2. The Kier molecular flexibility index (Phi) is 4.57. The highest BCUT2D eigenvalue weighted by Gasteiger charge is 2.51. The van der Waals surface area contributed by atoms with Crippen LogP contribution < -0.4 is 0 Å². The van der Waals surface area contributed by atoms with Gasteiger partial charge in [-0.1, -0.05) is 50.1 Å². The normalized spacial score (nSPS) is 30.4. The Labute approximate surface area is 143 Å². The monoisotopic (exact) mass is 326 g/mol. The predicted octanol–water partition coefficient (Wildman–Crippen LogP) is 3.92. The third-order valence-corrected chi connectivity index (χ3v) is 5.84. The van der Waals surface area contributed by atoms with E-state index in [1.165, 1.54) is 17.9 Å². The summed E-state index contributed by atoms with van der Waals surface area (Å²) in [6.07, 6.45) is 4.55. The Balaban J connectivity index is 1.76. The van der Waals surface area contributed by atoms with Gasteiger partial charge < -0.3 is 0 Å². The van der Waals surface area contributed by atoms with Gasteiger partial charge in [0.2, 0.25) is 0 Å². The lowest BCUT2D eigenvalue weighted by molar-refractivity contribution is -0.138. The zero-order valence-corrected chi connectivity index (χ0v) is 14.8. The Hall–Kier alpha value is -1.97. The Morgan fingerprint density at radius 1 is 1.29 bits per heavy atom. The quantitative estimate of drug-likeness (QED) is 0.787. The summed E-state index contributed by atoms with van der Waals surface area (Å²) < 4.78 is 0. The lowest BCUT2D eigenvalue weighted by Crippen LogP contribution is -2.45. The van der Waals surface area contributed by atoms with E-state index in [0.717, 1.165) is 18.6 Å². The number of Topliss-reactive ketones (excluding diaryl/α,β-unsaturated/α-hetero) is 1. The van der Waals surface area contributed by atoms with E-state index in [1.54, 1.807) is 12.1 Å². The molecule has 2 unspecified atom stereocenters. The van der Waals surface area contributed by atoms with E-state index < -0.39 is 5.41 Å². The van der Waals surface area contributed by atoms with Crippen molar-refractivity contribution < 1.29 is 9.59 Å². The first-order valence-electron chi connectivity index (χ1n) is 8.88. The summed E-state index contributed by atoms with van der Waals surface area (Å²) in [5.41, 5.74) is 0.927. The van der Waals surface area contributed by atoms with Crippen molar-refractivity contribution in [3.05, 3.63) is 35.9 Å². The smallest absolute Gasteiger partial charge is 0.255 e. The van der Waals surface area contributed by atoms with Crippen molar-refractivity contribution in [2.24, 2.45) is 22.4 Å². The molecule has 128 valence electrons. The number of nitrogens with zero attached hydrogens (tertiary/aromatic N) is 2. The molecule has 3 atom stereocenters. The summed E-state index contributed by atoms with van der Waals surface area (Å²) in [7, 11) is 0. The first-order chi connectivity index (χ1) is 11.4. The van der Waals surface area contributed by atoms with Gasteiger partial charge in [0.1, 0.15) is 6.54 Å². The van der Waals surface area contributed by atoms with Crippen LogP contribution in [-0.2, 0) is 4.79 Å². The van der Waals surface area contributed by atoms with Gasteiger partial charge in [-0.05, 0) is 38.5 Å². The molecule has 0 saturated heterocycles. The molecule has 0 aromatic heterocycles. The van der Waals surface area contributed by atoms with Gasteiger partial charge in [-0.3, -0.25) is 9.59 Å². The number of hydrogen-bond donors (Lipinski definition) is 0. The van der Waals surface area contributed by atoms with Crippen LogP contribution in [0.3, 0.4) is 0 Å². The maximum atomic E-state index is 13.1. The van der Waals surface area contributed by atoms with Gasteiger partial charge in [-0.15, -0.1) is 0 Å². The first kappa shape index (κ1) is 16.9. The number of benzene rings is 1. The van der Waals surface area contributed by atoms with Crippen molar-refractivity contribution in [1.82, 2.24) is 5.01 Å². The third kappa shape index (κ3) is 2.90. The summed E-state index contributed by atoms with van der Waals surface area (Å²) in [4.78, 5) is 25.5. The van der Waals surface area contributed by atoms with E-state index in [1.807, 2.05) is 32.0 Å². The Morgan fingerprint density at radius 3 is 2.67 bits per heavy atom. The molecule has 1 amide bonds. The largest absolute Gasteiger partial charge is 0.292 e. The van der Waals surface area contributed by atoms with E-state index >= 15 is 0 Å². The minimum atomic E-state index is -0.550. The van der Waals surface area contributed by atoms with Crippen LogP contribution in [0.4, 0.5) is 0 Å². The van der Waals surface area contributed by atoms with Crippen LogP contribution in [0.1, 0.15) is 56.8 Å². The van der Waals surface area contributed by atoms with Gasteiger partial charge in [0, 0.05) is 5.56 Å². The maximum absolute atomic E-state index is 13.1. The fraction of sp³-hybridized carbons (Fsp3) is 0.550. The molecular weight excluding hydrogens is 300 g/mol. The lowest BCUT2D eigenvalue weighted by Gasteiger charge is -2.37. The minimum absolute atomic E-state index is 0.0108. The van der Waals surface area contributed by atoms with E-state index in [0.29, 0.717) is 17.4 Å². The van der Waals surface area contributed by atoms with Gasteiger partial charge in [0.05, 0.1) is 11.1 Å². The van der Waals surface area contributed by atoms with Crippen LogP contribution in [0.25, 0.3) is 0 Å². The SMILES string of the molecule is CC1=NN(CC(=O)c2ccccc2)C(=O)C1(C)C1CCC[C@@H](C)C1. The van der Waals surface area contributed by atoms with E-state index in [4.69, 9.17) is 0 Å². The molecule has 0 spiro atoms. The highest BCUT2D eigenvalue weighted by atomic mass is 16.2. The summed E-state index contributed by atoms with van der Waals surface area (Å²) in [5.74, 6) is 0.903. The molecule has 0 bridgehead atoms. The number of ketones is 1. The van der Waals surface area contributed by atoms with Gasteiger partial charge in [0.25, 0.3) is 5.91 Å². The second-order valence-corrected chi connectivity index (χ2v) is 7.51. The molecule has 0 N–H and O–H groups in total. The number of hydrazone groups is 1. The van der Waals surface area contributed by atoms with Crippen molar-refractivity contribution in [2.45, 2.75) is 46.5 Å². The van der Waals surface area contributed by atoms with Crippen molar-refractivity contribution in [3.8, 4) is 0 Å². The molecule has 1 saturated carbocycles. The van der Waals surface area contributed by atoms with Crippen LogP contribution in [0.5, 0.6) is 0 Å². The van der Waals surface area contributed by atoms with E-state index in [2.05, 4.69) is 12.0 Å². The summed E-state index contributed by atoms with van der Waals surface area (Å²) in [6, 6.07) is 9.10. The number of hydrogen-bond acceptors (Lipinski definition) is 3. The van der Waals surface area contributed by atoms with Crippen molar-refractivity contribution >= 4 is 17.4 Å². The average molecular weight is 326 g/mol. The van der Waals surface area contributed by atoms with Crippen LogP contribution in [0, 0.1) is 17.3 Å². The molecule has 1 aromatic rings. The molecule has 4 nitrogen and oxygen atoms in total. The minimum Gasteiger partial charge on any atom is -0.292 e. The van der Waals surface area contributed by atoms with Gasteiger partial charge in [-0.25, -0.2) is 5.01 Å². The molecule has 0 radical (unpaired) electrons. The summed E-state index contributed by atoms with van der Waals surface area (Å²) in [6.45, 7) is 6.24. The Bertz CT molecular complexity index is 667. The van der Waals surface area contributed by atoms with Crippen molar-refractivity contribution in [1.29, 1.82) is 0 Å². The van der Waals surface area contributed by atoms with Crippen LogP contribution in [0.15, 0.2) is 35.4 Å². The molecule has 24 heavy (non-hydrogen) atoms. The molecule has 1 heterocycles.